The van der Waals surface area contributed by atoms with Crippen LogP contribution in [0.5, 0.6) is 0 Å². The lowest BCUT2D eigenvalue weighted by Crippen LogP contribution is -2.09. The van der Waals surface area contributed by atoms with Crippen LogP contribution in [-0.2, 0) is 12.8 Å². The SMILES string of the molecule is c1ccc2c3n4cccc4c(c2c1)CC3. The van der Waals surface area contributed by atoms with Crippen molar-refractivity contribution >= 4 is 16.3 Å². The van der Waals surface area contributed by atoms with Crippen molar-refractivity contribution in [1.82, 2.24) is 4.40 Å². The van der Waals surface area contributed by atoms with Gasteiger partial charge in [0.2, 0.25) is 0 Å². The minimum atomic E-state index is 1.19. The van der Waals surface area contributed by atoms with E-state index in [1.165, 1.54) is 40.4 Å². The molecule has 0 saturated carbocycles. The van der Waals surface area contributed by atoms with Crippen LogP contribution in [0.2, 0.25) is 0 Å². The predicted octanol–water partition coefficient (Wildman–Crippen LogP) is 3.19. The maximum absolute atomic E-state index is 2.35. The molecule has 0 amide bonds. The number of rotatable bonds is 0. The van der Waals surface area contributed by atoms with Crippen LogP contribution in [0.25, 0.3) is 16.3 Å². The third kappa shape index (κ3) is 0.793. The van der Waals surface area contributed by atoms with Crippen LogP contribution in [0, 0.1) is 0 Å². The Morgan fingerprint density at radius 2 is 1.73 bits per heavy atom. The molecular formula is C14H11N. The summed E-state index contributed by atoms with van der Waals surface area (Å²) in [5.41, 5.74) is 4.39. The average molecular weight is 193 g/mol. The molecule has 5 rings (SSSR count). The number of hydrogen-bond acceptors (Lipinski definition) is 0. The first kappa shape index (κ1) is 7.52. The lowest BCUT2D eigenvalue weighted by Gasteiger charge is -2.21. The van der Waals surface area contributed by atoms with Crippen LogP contribution in [0.15, 0.2) is 42.6 Å². The maximum Gasteiger partial charge on any atom is 0.0491 e. The van der Waals surface area contributed by atoms with Crippen molar-refractivity contribution < 1.29 is 0 Å². The Bertz CT molecular complexity index is 619. The Labute approximate surface area is 88.0 Å². The number of hydrogen-bond donors (Lipinski definition) is 0. The number of aromatic nitrogens is 1. The van der Waals surface area contributed by atoms with Crippen molar-refractivity contribution in [2.75, 3.05) is 0 Å². The molecule has 3 aromatic rings. The van der Waals surface area contributed by atoms with Gasteiger partial charge in [-0.1, -0.05) is 24.3 Å². The first-order valence-corrected chi connectivity index (χ1v) is 5.45. The van der Waals surface area contributed by atoms with E-state index in [9.17, 15) is 0 Å². The first-order valence-electron chi connectivity index (χ1n) is 5.45. The summed E-state index contributed by atoms with van der Waals surface area (Å²) in [4.78, 5) is 0. The third-order valence-electron chi connectivity index (χ3n) is 3.52. The lowest BCUT2D eigenvalue weighted by molar-refractivity contribution is 0.865. The zero-order valence-corrected chi connectivity index (χ0v) is 8.40. The molecule has 1 aromatic carbocycles. The highest BCUT2D eigenvalue weighted by atomic mass is 14.9. The van der Waals surface area contributed by atoms with Gasteiger partial charge >= 0.3 is 0 Å². The highest BCUT2D eigenvalue weighted by Gasteiger charge is 2.18. The minimum absolute atomic E-state index is 1.19. The van der Waals surface area contributed by atoms with Crippen molar-refractivity contribution in [3.63, 3.8) is 0 Å². The van der Waals surface area contributed by atoms with Gasteiger partial charge in [-0.25, -0.2) is 0 Å². The van der Waals surface area contributed by atoms with Crippen molar-refractivity contribution in [3.05, 3.63) is 53.9 Å². The number of fused-ring (bicyclic) bond motifs is 1. The van der Waals surface area contributed by atoms with E-state index in [1.807, 2.05) is 0 Å². The second kappa shape index (κ2) is 2.43. The Morgan fingerprint density at radius 3 is 2.67 bits per heavy atom. The van der Waals surface area contributed by atoms with Gasteiger partial charge in [-0.2, -0.15) is 0 Å². The molecule has 2 aromatic heterocycles. The molecule has 0 N–H and O–H groups in total. The summed E-state index contributed by atoms with van der Waals surface area (Å²) < 4.78 is 2.35. The Kier molecular flexibility index (Phi) is 1.22. The van der Waals surface area contributed by atoms with E-state index in [0.717, 1.165) is 0 Å². The minimum Gasteiger partial charge on any atom is -0.320 e. The van der Waals surface area contributed by atoms with Crippen LogP contribution >= 0.6 is 0 Å². The smallest absolute Gasteiger partial charge is 0.0491 e. The number of pyridine rings is 1. The normalized spacial score (nSPS) is 14.1. The van der Waals surface area contributed by atoms with Gasteiger partial charge in [0, 0.05) is 22.8 Å². The van der Waals surface area contributed by atoms with Crippen molar-refractivity contribution in [3.8, 4) is 0 Å². The van der Waals surface area contributed by atoms with Crippen LogP contribution < -0.4 is 0 Å². The molecule has 72 valence electrons. The van der Waals surface area contributed by atoms with E-state index >= 15 is 0 Å². The topological polar surface area (TPSA) is 4.41 Å². The fourth-order valence-corrected chi connectivity index (χ4v) is 2.89. The molecule has 0 unspecified atom stereocenters. The molecule has 15 heavy (non-hydrogen) atoms. The van der Waals surface area contributed by atoms with Crippen LogP contribution in [0.3, 0.4) is 0 Å². The Hall–Kier alpha value is -1.76. The summed E-state index contributed by atoms with van der Waals surface area (Å²) in [6.45, 7) is 0. The second-order valence-electron chi connectivity index (χ2n) is 4.23. The molecule has 1 aliphatic heterocycles. The molecular weight excluding hydrogens is 182 g/mol. The summed E-state index contributed by atoms with van der Waals surface area (Å²) >= 11 is 0. The van der Waals surface area contributed by atoms with Gasteiger partial charge in [0.05, 0.1) is 0 Å². The molecule has 0 saturated heterocycles. The number of benzene rings is 1. The number of nitrogens with zero attached hydrogens (tertiary/aromatic N) is 1. The lowest BCUT2D eigenvalue weighted by atomic mass is 9.92. The van der Waals surface area contributed by atoms with E-state index in [0.29, 0.717) is 0 Å². The quantitative estimate of drug-likeness (QED) is 0.516. The number of aryl methyl sites for hydroxylation is 2. The summed E-state index contributed by atoms with van der Waals surface area (Å²) in [5, 5.41) is 2.88. The summed E-state index contributed by atoms with van der Waals surface area (Å²) in [6.07, 6.45) is 4.57. The Balaban J connectivity index is 2.42. The molecule has 0 fully saturated rings. The van der Waals surface area contributed by atoms with E-state index in [1.54, 1.807) is 0 Å². The molecule has 2 bridgehead atoms. The average Bonchev–Trinajstić information content (AvgIpc) is 2.80. The van der Waals surface area contributed by atoms with E-state index in [-0.39, 0.29) is 0 Å². The summed E-state index contributed by atoms with van der Waals surface area (Å²) in [5.74, 6) is 0. The largest absolute Gasteiger partial charge is 0.320 e. The second-order valence-corrected chi connectivity index (χ2v) is 4.23. The maximum atomic E-state index is 2.35. The van der Waals surface area contributed by atoms with Crippen LogP contribution in [0.1, 0.15) is 11.3 Å². The molecule has 1 aliphatic carbocycles. The molecule has 0 spiro atoms. The monoisotopic (exact) mass is 193 g/mol. The van der Waals surface area contributed by atoms with Gasteiger partial charge in [-0.05, 0) is 35.9 Å². The van der Waals surface area contributed by atoms with Crippen LogP contribution in [-0.4, -0.2) is 4.40 Å². The fourth-order valence-electron chi connectivity index (χ4n) is 2.89. The standard InChI is InChI=1S/C14H11N/c1-2-5-11-10(4-1)12-7-8-14(11)15-9-3-6-13(12)15/h1-6,9H,7-8H2. The van der Waals surface area contributed by atoms with Gasteiger partial charge in [0.15, 0.2) is 0 Å². The molecule has 0 radical (unpaired) electrons. The first-order chi connectivity index (χ1) is 7.45. The fraction of sp³-hybridized carbons (Fsp3) is 0.143. The molecule has 3 heterocycles. The highest BCUT2D eigenvalue weighted by Crippen LogP contribution is 2.33. The van der Waals surface area contributed by atoms with Gasteiger partial charge in [0.25, 0.3) is 0 Å². The van der Waals surface area contributed by atoms with E-state index in [2.05, 4.69) is 47.0 Å². The van der Waals surface area contributed by atoms with Gasteiger partial charge in [0.1, 0.15) is 0 Å². The Morgan fingerprint density at radius 1 is 0.867 bits per heavy atom. The van der Waals surface area contributed by atoms with Gasteiger partial charge in [-0.3, -0.25) is 0 Å². The van der Waals surface area contributed by atoms with E-state index in [4.69, 9.17) is 0 Å². The van der Waals surface area contributed by atoms with Crippen molar-refractivity contribution in [2.24, 2.45) is 0 Å². The zero-order chi connectivity index (χ0) is 9.83. The van der Waals surface area contributed by atoms with Gasteiger partial charge < -0.3 is 4.40 Å². The predicted molar refractivity (Wildman–Crippen MR) is 62.3 cm³/mol. The zero-order valence-electron chi connectivity index (χ0n) is 8.40. The third-order valence-corrected chi connectivity index (χ3v) is 3.52. The van der Waals surface area contributed by atoms with Crippen LogP contribution in [0.4, 0.5) is 0 Å². The van der Waals surface area contributed by atoms with Gasteiger partial charge in [-0.15, -0.1) is 0 Å². The van der Waals surface area contributed by atoms with E-state index < -0.39 is 0 Å². The summed E-state index contributed by atoms with van der Waals surface area (Å²) in [7, 11) is 0. The molecule has 1 heteroatoms. The molecule has 1 nitrogen and oxygen atoms in total. The van der Waals surface area contributed by atoms with Crippen molar-refractivity contribution in [2.45, 2.75) is 12.8 Å². The molecule has 0 atom stereocenters. The summed E-state index contributed by atoms with van der Waals surface area (Å²) in [6, 6.07) is 13.1. The highest BCUT2D eigenvalue weighted by molar-refractivity contribution is 5.94. The molecule has 2 aliphatic rings. The van der Waals surface area contributed by atoms with Crippen molar-refractivity contribution in [1.29, 1.82) is 0 Å².